The second-order valence-corrected chi connectivity index (χ2v) is 6.28. The average Bonchev–Trinajstić information content (AvgIpc) is 2.80. The Morgan fingerprint density at radius 2 is 1.95 bits per heavy atom. The van der Waals surface area contributed by atoms with Crippen LogP contribution in [0.1, 0.15) is 44.8 Å². The lowest BCUT2D eigenvalue weighted by Crippen LogP contribution is -2.47. The fourth-order valence-electron chi connectivity index (χ4n) is 3.46. The minimum atomic E-state index is -0.0481. The van der Waals surface area contributed by atoms with E-state index in [2.05, 4.69) is 36.2 Å². The first kappa shape index (κ1) is 14.4. The quantitative estimate of drug-likeness (QED) is 0.926. The van der Waals surface area contributed by atoms with Crippen LogP contribution in [-0.2, 0) is 4.79 Å². The molecule has 2 fully saturated rings. The van der Waals surface area contributed by atoms with Crippen LogP contribution in [0.15, 0.2) is 24.3 Å². The normalized spacial score (nSPS) is 32.1. The molecule has 1 aliphatic carbocycles. The first-order valence-corrected chi connectivity index (χ1v) is 7.86. The summed E-state index contributed by atoms with van der Waals surface area (Å²) in [5.41, 5.74) is 1.14. The van der Waals surface area contributed by atoms with Crippen molar-refractivity contribution < 1.29 is 9.53 Å². The fourth-order valence-corrected chi connectivity index (χ4v) is 3.46. The molecule has 1 aromatic carbocycles. The van der Waals surface area contributed by atoms with Gasteiger partial charge in [0, 0.05) is 6.04 Å². The maximum absolute atomic E-state index is 12.6. The first-order chi connectivity index (χ1) is 10.1. The van der Waals surface area contributed by atoms with Gasteiger partial charge in [-0.1, -0.05) is 26.0 Å². The van der Waals surface area contributed by atoms with Crippen LogP contribution in [0.2, 0.25) is 0 Å². The summed E-state index contributed by atoms with van der Waals surface area (Å²) < 4.78 is 5.21. The number of methoxy groups -OCH3 is 1. The molecule has 2 atom stereocenters. The summed E-state index contributed by atoms with van der Waals surface area (Å²) in [4.78, 5) is 14.7. The Labute approximate surface area is 126 Å². The van der Waals surface area contributed by atoms with E-state index in [1.54, 1.807) is 7.11 Å². The van der Waals surface area contributed by atoms with Gasteiger partial charge in [-0.2, -0.15) is 0 Å². The highest BCUT2D eigenvalue weighted by molar-refractivity contribution is 5.85. The Morgan fingerprint density at radius 3 is 2.48 bits per heavy atom. The first-order valence-electron chi connectivity index (χ1n) is 7.86. The van der Waals surface area contributed by atoms with Gasteiger partial charge < -0.3 is 9.64 Å². The number of carbonyl (C=O) groups is 1. The molecule has 0 spiro atoms. The van der Waals surface area contributed by atoms with E-state index in [-0.39, 0.29) is 18.1 Å². The summed E-state index contributed by atoms with van der Waals surface area (Å²) in [5, 5.41) is 3.49. The molecule has 1 saturated carbocycles. The molecule has 4 heteroatoms. The molecule has 114 valence electrons. The summed E-state index contributed by atoms with van der Waals surface area (Å²) in [6, 6.07) is 8.37. The molecular weight excluding hydrogens is 264 g/mol. The van der Waals surface area contributed by atoms with E-state index in [1.165, 1.54) is 0 Å². The lowest BCUT2D eigenvalue weighted by atomic mass is 9.80. The van der Waals surface area contributed by atoms with Crippen molar-refractivity contribution in [3.8, 4) is 5.75 Å². The summed E-state index contributed by atoms with van der Waals surface area (Å²) >= 11 is 0. The Balaban J connectivity index is 1.84. The van der Waals surface area contributed by atoms with Crippen molar-refractivity contribution >= 4 is 5.91 Å². The van der Waals surface area contributed by atoms with E-state index < -0.39 is 0 Å². The molecule has 1 aromatic rings. The van der Waals surface area contributed by atoms with Crippen molar-refractivity contribution in [2.45, 2.75) is 51.4 Å². The molecule has 0 bridgehead atoms. The summed E-state index contributed by atoms with van der Waals surface area (Å²) in [7, 11) is 1.67. The van der Waals surface area contributed by atoms with Crippen molar-refractivity contribution in [1.82, 2.24) is 10.2 Å². The van der Waals surface area contributed by atoms with Crippen molar-refractivity contribution in [2.24, 2.45) is 5.92 Å². The van der Waals surface area contributed by atoms with Gasteiger partial charge in [0.15, 0.2) is 0 Å². The Kier molecular flexibility index (Phi) is 3.89. The highest BCUT2D eigenvalue weighted by Crippen LogP contribution is 2.39. The number of hydrogen-bond donors (Lipinski definition) is 1. The molecule has 1 N–H and O–H groups in total. The smallest absolute Gasteiger partial charge is 0.241 e. The summed E-state index contributed by atoms with van der Waals surface area (Å²) in [5.74, 6) is 1.84. The van der Waals surface area contributed by atoms with E-state index in [0.29, 0.717) is 6.04 Å². The van der Waals surface area contributed by atoms with Gasteiger partial charge in [0.1, 0.15) is 11.9 Å². The molecule has 2 unspecified atom stereocenters. The number of amides is 1. The van der Waals surface area contributed by atoms with Gasteiger partial charge in [-0.05, 0) is 42.9 Å². The van der Waals surface area contributed by atoms with Gasteiger partial charge in [-0.15, -0.1) is 0 Å². The highest BCUT2D eigenvalue weighted by Gasteiger charge is 2.45. The van der Waals surface area contributed by atoms with Crippen LogP contribution >= 0.6 is 0 Å². The monoisotopic (exact) mass is 288 g/mol. The molecule has 1 amide bonds. The Hall–Kier alpha value is -1.55. The highest BCUT2D eigenvalue weighted by atomic mass is 16.5. The number of nitrogens with zero attached hydrogens (tertiary/aromatic N) is 1. The van der Waals surface area contributed by atoms with Crippen molar-refractivity contribution in [2.75, 3.05) is 7.11 Å². The standard InChI is InChI=1S/C17H24N2O2/c1-4-15-17(20)19(13-9-11(2)10-13)16(18-15)12-5-7-14(21-3)8-6-12/h5-8,11,13,15-16,18H,4,9-10H2,1-3H3. The van der Waals surface area contributed by atoms with Crippen molar-refractivity contribution in [3.05, 3.63) is 29.8 Å². The minimum absolute atomic E-state index is 0.00542. The van der Waals surface area contributed by atoms with E-state index in [0.717, 1.165) is 36.5 Å². The summed E-state index contributed by atoms with van der Waals surface area (Å²) in [6.45, 7) is 4.32. The number of carbonyl (C=O) groups excluding carboxylic acids is 1. The number of rotatable bonds is 4. The Morgan fingerprint density at radius 1 is 1.29 bits per heavy atom. The fraction of sp³-hybridized carbons (Fsp3) is 0.588. The molecule has 0 radical (unpaired) electrons. The molecule has 3 rings (SSSR count). The minimum Gasteiger partial charge on any atom is -0.497 e. The van der Waals surface area contributed by atoms with Crippen molar-refractivity contribution in [3.63, 3.8) is 0 Å². The molecule has 1 saturated heterocycles. The largest absolute Gasteiger partial charge is 0.497 e. The van der Waals surface area contributed by atoms with Crippen LogP contribution < -0.4 is 10.1 Å². The van der Waals surface area contributed by atoms with Crippen LogP contribution in [0.3, 0.4) is 0 Å². The second-order valence-electron chi connectivity index (χ2n) is 6.28. The van der Waals surface area contributed by atoms with Crippen LogP contribution in [0, 0.1) is 5.92 Å². The molecule has 2 aliphatic rings. The zero-order valence-corrected chi connectivity index (χ0v) is 13.0. The average molecular weight is 288 g/mol. The Bertz CT molecular complexity index is 508. The van der Waals surface area contributed by atoms with Gasteiger partial charge >= 0.3 is 0 Å². The second kappa shape index (κ2) is 5.68. The van der Waals surface area contributed by atoms with Crippen LogP contribution in [0.25, 0.3) is 0 Å². The third kappa shape index (κ3) is 2.53. The third-order valence-electron chi connectivity index (χ3n) is 4.77. The van der Waals surface area contributed by atoms with Gasteiger partial charge in [-0.25, -0.2) is 0 Å². The maximum atomic E-state index is 12.6. The number of ether oxygens (including phenoxy) is 1. The molecule has 1 heterocycles. The van der Waals surface area contributed by atoms with Gasteiger partial charge in [0.2, 0.25) is 5.91 Å². The predicted octanol–water partition coefficient (Wildman–Crippen LogP) is 2.70. The molecule has 0 aromatic heterocycles. The van der Waals surface area contributed by atoms with E-state index in [4.69, 9.17) is 4.74 Å². The SMILES string of the molecule is CCC1NC(c2ccc(OC)cc2)N(C2CC(C)C2)C1=O. The van der Waals surface area contributed by atoms with E-state index in [9.17, 15) is 4.79 Å². The number of hydrogen-bond acceptors (Lipinski definition) is 3. The lowest BCUT2D eigenvalue weighted by Gasteiger charge is -2.42. The van der Waals surface area contributed by atoms with Gasteiger partial charge in [0.25, 0.3) is 0 Å². The van der Waals surface area contributed by atoms with Crippen LogP contribution in [-0.4, -0.2) is 30.0 Å². The van der Waals surface area contributed by atoms with Gasteiger partial charge in [-0.3, -0.25) is 10.1 Å². The van der Waals surface area contributed by atoms with E-state index >= 15 is 0 Å². The molecule has 1 aliphatic heterocycles. The zero-order chi connectivity index (χ0) is 15.0. The molecule has 21 heavy (non-hydrogen) atoms. The number of nitrogens with one attached hydrogen (secondary N) is 1. The van der Waals surface area contributed by atoms with Crippen molar-refractivity contribution in [1.29, 1.82) is 0 Å². The molecule has 4 nitrogen and oxygen atoms in total. The molecular formula is C17H24N2O2. The number of benzene rings is 1. The third-order valence-corrected chi connectivity index (χ3v) is 4.77. The zero-order valence-electron chi connectivity index (χ0n) is 13.0. The topological polar surface area (TPSA) is 41.6 Å². The van der Waals surface area contributed by atoms with Gasteiger partial charge in [0.05, 0.1) is 13.2 Å². The summed E-state index contributed by atoms with van der Waals surface area (Å²) in [6.07, 6.45) is 3.09. The predicted molar refractivity (Wildman–Crippen MR) is 82.0 cm³/mol. The maximum Gasteiger partial charge on any atom is 0.241 e. The van der Waals surface area contributed by atoms with Crippen LogP contribution in [0.5, 0.6) is 5.75 Å². The lowest BCUT2D eigenvalue weighted by molar-refractivity contribution is -0.135. The van der Waals surface area contributed by atoms with E-state index in [1.807, 2.05) is 12.1 Å². The van der Waals surface area contributed by atoms with Crippen LogP contribution in [0.4, 0.5) is 0 Å².